The van der Waals surface area contributed by atoms with E-state index in [1.54, 1.807) is 0 Å². The Kier molecular flexibility index (Phi) is 3.87. The molecule has 1 fully saturated rings. The Labute approximate surface area is 115 Å². The first-order valence-corrected chi connectivity index (χ1v) is 7.40. The van der Waals surface area contributed by atoms with Gasteiger partial charge in [0.15, 0.2) is 0 Å². The van der Waals surface area contributed by atoms with E-state index in [0.29, 0.717) is 12.2 Å². The second-order valence-corrected chi connectivity index (χ2v) is 5.98. The molecule has 0 amide bonds. The molecule has 1 saturated heterocycles. The summed E-state index contributed by atoms with van der Waals surface area (Å²) in [6.07, 6.45) is 1.87. The fraction of sp³-hybridized carbons (Fsp3) is 0.625. The second kappa shape index (κ2) is 5.61. The number of fused-ring (bicyclic) bond motifs is 1. The Morgan fingerprint density at radius 3 is 2.79 bits per heavy atom. The Bertz CT molecular complexity index is 436. The van der Waals surface area contributed by atoms with E-state index in [-0.39, 0.29) is 0 Å². The van der Waals surface area contributed by atoms with Gasteiger partial charge in [0, 0.05) is 26.2 Å². The first-order valence-electron chi connectivity index (χ1n) is 7.40. The van der Waals surface area contributed by atoms with Crippen LogP contribution < -0.4 is 5.32 Å². The molecule has 0 unspecified atom stereocenters. The lowest BCUT2D eigenvalue weighted by Crippen LogP contribution is -2.44. The molecule has 104 valence electrons. The SMILES string of the molecule is C[C@@H]1CN(Cc2ccc3c(c2)CNCC3)C[C@H](C)O1. The lowest BCUT2D eigenvalue weighted by Gasteiger charge is -2.35. The van der Waals surface area contributed by atoms with Gasteiger partial charge in [-0.2, -0.15) is 0 Å². The molecule has 19 heavy (non-hydrogen) atoms. The summed E-state index contributed by atoms with van der Waals surface area (Å²) in [6, 6.07) is 7.00. The van der Waals surface area contributed by atoms with Crippen molar-refractivity contribution in [1.29, 1.82) is 0 Å². The van der Waals surface area contributed by atoms with Gasteiger partial charge in [-0.3, -0.25) is 4.90 Å². The van der Waals surface area contributed by atoms with Crippen molar-refractivity contribution in [3.05, 3.63) is 34.9 Å². The quantitative estimate of drug-likeness (QED) is 0.879. The van der Waals surface area contributed by atoms with Crippen LogP contribution in [0.3, 0.4) is 0 Å². The maximum Gasteiger partial charge on any atom is 0.0678 e. The number of nitrogens with zero attached hydrogens (tertiary/aromatic N) is 1. The maximum absolute atomic E-state index is 5.79. The van der Waals surface area contributed by atoms with Crippen LogP contribution in [-0.4, -0.2) is 36.7 Å². The largest absolute Gasteiger partial charge is 0.373 e. The van der Waals surface area contributed by atoms with E-state index in [2.05, 4.69) is 42.3 Å². The van der Waals surface area contributed by atoms with Crippen molar-refractivity contribution in [2.45, 2.75) is 45.6 Å². The fourth-order valence-corrected chi connectivity index (χ4v) is 3.30. The van der Waals surface area contributed by atoms with Crippen LogP contribution in [-0.2, 0) is 24.2 Å². The zero-order chi connectivity index (χ0) is 13.2. The van der Waals surface area contributed by atoms with Gasteiger partial charge in [-0.15, -0.1) is 0 Å². The molecule has 1 N–H and O–H groups in total. The van der Waals surface area contributed by atoms with Crippen molar-refractivity contribution in [3.63, 3.8) is 0 Å². The van der Waals surface area contributed by atoms with Gasteiger partial charge in [0.25, 0.3) is 0 Å². The third-order valence-corrected chi connectivity index (χ3v) is 4.06. The van der Waals surface area contributed by atoms with Crippen LogP contribution in [0.25, 0.3) is 0 Å². The Hall–Kier alpha value is -0.900. The van der Waals surface area contributed by atoms with Gasteiger partial charge in [-0.25, -0.2) is 0 Å². The zero-order valence-corrected chi connectivity index (χ0v) is 12.0. The van der Waals surface area contributed by atoms with Crippen molar-refractivity contribution < 1.29 is 4.74 Å². The molecule has 0 saturated carbocycles. The molecule has 2 aliphatic heterocycles. The Balaban J connectivity index is 1.69. The van der Waals surface area contributed by atoms with Crippen molar-refractivity contribution in [2.75, 3.05) is 19.6 Å². The smallest absolute Gasteiger partial charge is 0.0678 e. The summed E-state index contributed by atoms with van der Waals surface area (Å²) in [5.74, 6) is 0. The number of nitrogens with one attached hydrogen (secondary N) is 1. The van der Waals surface area contributed by atoms with Crippen LogP contribution in [0.2, 0.25) is 0 Å². The molecule has 3 nitrogen and oxygen atoms in total. The average molecular weight is 260 g/mol. The van der Waals surface area contributed by atoms with Gasteiger partial charge < -0.3 is 10.1 Å². The average Bonchev–Trinajstić information content (AvgIpc) is 2.37. The van der Waals surface area contributed by atoms with Crippen LogP contribution in [0, 0.1) is 0 Å². The van der Waals surface area contributed by atoms with Gasteiger partial charge in [-0.05, 0) is 43.5 Å². The fourth-order valence-electron chi connectivity index (χ4n) is 3.30. The molecule has 2 heterocycles. The topological polar surface area (TPSA) is 24.5 Å². The minimum Gasteiger partial charge on any atom is -0.373 e. The Morgan fingerprint density at radius 2 is 2.00 bits per heavy atom. The monoisotopic (exact) mass is 260 g/mol. The van der Waals surface area contributed by atoms with Crippen molar-refractivity contribution in [1.82, 2.24) is 10.2 Å². The molecular formula is C16H24N2O. The standard InChI is InChI=1S/C16H24N2O/c1-12-9-18(10-13(2)19-12)11-14-3-4-15-5-6-17-8-16(15)7-14/h3-4,7,12-13,17H,5-6,8-11H2,1-2H3/t12-,13+. The highest BCUT2D eigenvalue weighted by molar-refractivity contribution is 5.33. The molecule has 0 aromatic heterocycles. The van der Waals surface area contributed by atoms with E-state index in [0.717, 1.165) is 32.7 Å². The number of hydrogen-bond donors (Lipinski definition) is 1. The van der Waals surface area contributed by atoms with Gasteiger partial charge in [0.05, 0.1) is 12.2 Å². The summed E-state index contributed by atoms with van der Waals surface area (Å²) >= 11 is 0. The summed E-state index contributed by atoms with van der Waals surface area (Å²) in [6.45, 7) is 9.60. The molecule has 1 aromatic carbocycles. The van der Waals surface area contributed by atoms with Crippen LogP contribution in [0.15, 0.2) is 18.2 Å². The van der Waals surface area contributed by atoms with E-state index in [9.17, 15) is 0 Å². The molecule has 0 aliphatic carbocycles. The molecule has 3 heteroatoms. The van der Waals surface area contributed by atoms with Gasteiger partial charge in [0.2, 0.25) is 0 Å². The minimum atomic E-state index is 0.350. The lowest BCUT2D eigenvalue weighted by molar-refractivity contribution is -0.0704. The van der Waals surface area contributed by atoms with Crippen molar-refractivity contribution >= 4 is 0 Å². The third kappa shape index (κ3) is 3.16. The zero-order valence-electron chi connectivity index (χ0n) is 12.0. The van der Waals surface area contributed by atoms with Crippen LogP contribution >= 0.6 is 0 Å². The molecule has 1 aromatic rings. The number of hydrogen-bond acceptors (Lipinski definition) is 3. The number of ether oxygens (including phenoxy) is 1. The maximum atomic E-state index is 5.79. The minimum absolute atomic E-state index is 0.350. The molecule has 0 bridgehead atoms. The number of morpholine rings is 1. The summed E-state index contributed by atoms with van der Waals surface area (Å²) in [7, 11) is 0. The normalized spacial score (nSPS) is 28.1. The molecule has 0 radical (unpaired) electrons. The second-order valence-electron chi connectivity index (χ2n) is 5.98. The lowest BCUT2D eigenvalue weighted by atomic mass is 9.98. The van der Waals surface area contributed by atoms with Crippen LogP contribution in [0.4, 0.5) is 0 Å². The van der Waals surface area contributed by atoms with E-state index < -0.39 is 0 Å². The Morgan fingerprint density at radius 1 is 1.21 bits per heavy atom. The van der Waals surface area contributed by atoms with Crippen LogP contribution in [0.1, 0.15) is 30.5 Å². The first kappa shape index (κ1) is 13.1. The predicted octanol–water partition coefficient (Wildman–Crippen LogP) is 1.94. The highest BCUT2D eigenvalue weighted by Gasteiger charge is 2.22. The summed E-state index contributed by atoms with van der Waals surface area (Å²) in [5.41, 5.74) is 4.44. The van der Waals surface area contributed by atoms with Crippen molar-refractivity contribution in [3.8, 4) is 0 Å². The van der Waals surface area contributed by atoms with E-state index >= 15 is 0 Å². The molecule has 3 rings (SSSR count). The highest BCUT2D eigenvalue weighted by Crippen LogP contribution is 2.19. The van der Waals surface area contributed by atoms with Crippen LogP contribution in [0.5, 0.6) is 0 Å². The van der Waals surface area contributed by atoms with Gasteiger partial charge in [0.1, 0.15) is 0 Å². The first-order chi connectivity index (χ1) is 9.20. The summed E-state index contributed by atoms with van der Waals surface area (Å²) in [5, 5.41) is 3.45. The van der Waals surface area contributed by atoms with Crippen molar-refractivity contribution in [2.24, 2.45) is 0 Å². The third-order valence-electron chi connectivity index (χ3n) is 4.06. The van der Waals surface area contributed by atoms with E-state index in [4.69, 9.17) is 4.74 Å². The molecule has 2 aliphatic rings. The number of rotatable bonds is 2. The summed E-state index contributed by atoms with van der Waals surface area (Å²) in [4.78, 5) is 2.51. The van der Waals surface area contributed by atoms with E-state index in [1.807, 2.05) is 0 Å². The van der Waals surface area contributed by atoms with Gasteiger partial charge >= 0.3 is 0 Å². The summed E-state index contributed by atoms with van der Waals surface area (Å²) < 4.78 is 5.79. The molecular weight excluding hydrogens is 236 g/mol. The molecule has 0 spiro atoms. The van der Waals surface area contributed by atoms with Gasteiger partial charge in [-0.1, -0.05) is 18.2 Å². The predicted molar refractivity (Wildman–Crippen MR) is 77.1 cm³/mol. The molecule has 2 atom stereocenters. The number of benzene rings is 1. The highest BCUT2D eigenvalue weighted by atomic mass is 16.5. The van der Waals surface area contributed by atoms with E-state index in [1.165, 1.54) is 23.1 Å².